The molecule has 0 aliphatic carbocycles. The van der Waals surface area contributed by atoms with Gasteiger partial charge >= 0.3 is 0 Å². The van der Waals surface area contributed by atoms with Gasteiger partial charge in [-0.2, -0.15) is 0 Å². The van der Waals surface area contributed by atoms with Gasteiger partial charge < -0.3 is 0 Å². The zero-order valence-corrected chi connectivity index (χ0v) is 32.8. The SMILES string of the molecule is CCCCCCCCCCCCCCCCCCCCCC(=O)CC(=O)CCCCCCCCCCCCCCCCCCCCC. The van der Waals surface area contributed by atoms with Crippen molar-refractivity contribution in [2.75, 3.05) is 0 Å². The normalized spacial score (nSPS) is 11.4. The summed E-state index contributed by atoms with van der Waals surface area (Å²) < 4.78 is 0. The van der Waals surface area contributed by atoms with Crippen LogP contribution in [0, 0.1) is 0 Å². The number of Topliss-reactive ketones (excluding diaryl/α,β-unsaturated/α-hetero) is 2. The van der Waals surface area contributed by atoms with Crippen LogP contribution in [0.4, 0.5) is 0 Å². The molecule has 0 saturated heterocycles. The molecule has 0 aromatic rings. The molecule has 0 unspecified atom stereocenters. The Kier molecular flexibility index (Phi) is 40.9. The molecule has 0 N–H and O–H groups in total. The van der Waals surface area contributed by atoms with E-state index in [-0.39, 0.29) is 18.0 Å². The van der Waals surface area contributed by atoms with Crippen LogP contribution in [0.25, 0.3) is 0 Å². The summed E-state index contributed by atoms with van der Waals surface area (Å²) in [6.45, 7) is 4.59. The fourth-order valence-electron chi connectivity index (χ4n) is 7.20. The molecule has 0 aromatic carbocycles. The van der Waals surface area contributed by atoms with Crippen molar-refractivity contribution in [2.45, 2.75) is 277 Å². The average Bonchev–Trinajstić information content (AvgIpc) is 3.06. The lowest BCUT2D eigenvalue weighted by Crippen LogP contribution is -2.07. The molecule has 0 heterocycles. The molecule has 0 atom stereocenters. The number of carbonyl (C=O) groups excluding carboxylic acids is 2. The summed E-state index contributed by atoms with van der Waals surface area (Å²) in [5, 5.41) is 0. The topological polar surface area (TPSA) is 34.1 Å². The Morgan fingerprint density at radius 1 is 0.234 bits per heavy atom. The van der Waals surface area contributed by atoms with Crippen LogP contribution in [0.1, 0.15) is 277 Å². The minimum atomic E-state index is 0.180. The summed E-state index contributed by atoms with van der Waals surface area (Å²) in [7, 11) is 0. The zero-order valence-electron chi connectivity index (χ0n) is 32.8. The number of carbonyl (C=O) groups is 2. The van der Waals surface area contributed by atoms with E-state index in [1.54, 1.807) is 0 Å². The molecule has 0 aliphatic rings. The molecule has 0 rings (SSSR count). The number of hydrogen-bond acceptors (Lipinski definition) is 2. The summed E-state index contributed by atoms with van der Waals surface area (Å²) in [5.41, 5.74) is 0. The summed E-state index contributed by atoms with van der Waals surface area (Å²) in [6, 6.07) is 0. The first kappa shape index (κ1) is 46.3. The minimum Gasteiger partial charge on any atom is -0.299 e. The van der Waals surface area contributed by atoms with Gasteiger partial charge in [0, 0.05) is 12.8 Å². The number of ketones is 2. The van der Waals surface area contributed by atoms with Gasteiger partial charge in [0.05, 0.1) is 6.42 Å². The third-order valence-corrected chi connectivity index (χ3v) is 10.5. The molecule has 0 saturated carbocycles. The van der Waals surface area contributed by atoms with Gasteiger partial charge in [0.1, 0.15) is 11.6 Å². The van der Waals surface area contributed by atoms with E-state index in [1.165, 1.54) is 218 Å². The summed E-state index contributed by atoms with van der Waals surface area (Å²) in [4.78, 5) is 24.4. The third-order valence-electron chi connectivity index (χ3n) is 10.5. The van der Waals surface area contributed by atoms with Gasteiger partial charge in [-0.25, -0.2) is 0 Å². The van der Waals surface area contributed by atoms with Crippen molar-refractivity contribution in [3.8, 4) is 0 Å². The van der Waals surface area contributed by atoms with Gasteiger partial charge in [-0.1, -0.05) is 245 Å². The standard InChI is InChI=1S/C45H88O2/c1-3-5-7-9-11-13-15-17-19-21-23-25-27-29-31-33-35-37-39-41-44(46)43-45(47)42-40-38-36-34-32-30-28-26-24-22-20-18-16-14-12-10-8-6-4-2/h3-43H2,1-2H3. The molecule has 2 nitrogen and oxygen atoms in total. The Bertz CT molecular complexity index is 559. The van der Waals surface area contributed by atoms with Crippen molar-refractivity contribution in [2.24, 2.45) is 0 Å². The predicted octanol–water partition coefficient (Wildman–Crippen LogP) is 16.2. The highest BCUT2D eigenvalue weighted by molar-refractivity contribution is 5.98. The Morgan fingerprint density at radius 2 is 0.383 bits per heavy atom. The largest absolute Gasteiger partial charge is 0.299 e. The maximum absolute atomic E-state index is 12.2. The van der Waals surface area contributed by atoms with E-state index in [4.69, 9.17) is 0 Å². The zero-order chi connectivity index (χ0) is 34.1. The van der Waals surface area contributed by atoms with E-state index >= 15 is 0 Å². The maximum atomic E-state index is 12.2. The maximum Gasteiger partial charge on any atom is 0.140 e. The minimum absolute atomic E-state index is 0.180. The molecule has 0 fully saturated rings. The van der Waals surface area contributed by atoms with Crippen LogP contribution in [0.15, 0.2) is 0 Å². The number of unbranched alkanes of at least 4 members (excludes halogenated alkanes) is 36. The molecule has 0 spiro atoms. The first-order valence-electron chi connectivity index (χ1n) is 22.2. The van der Waals surface area contributed by atoms with Crippen molar-refractivity contribution in [1.29, 1.82) is 0 Å². The van der Waals surface area contributed by atoms with Gasteiger partial charge in [0.15, 0.2) is 0 Å². The van der Waals surface area contributed by atoms with E-state index < -0.39 is 0 Å². The van der Waals surface area contributed by atoms with E-state index in [0.717, 1.165) is 25.7 Å². The quantitative estimate of drug-likeness (QED) is 0.0482. The van der Waals surface area contributed by atoms with Crippen LogP contribution < -0.4 is 0 Å². The van der Waals surface area contributed by atoms with E-state index in [9.17, 15) is 9.59 Å². The third kappa shape index (κ3) is 41.4. The average molecular weight is 661 g/mol. The molecule has 47 heavy (non-hydrogen) atoms. The molecule has 0 bridgehead atoms. The lowest BCUT2D eigenvalue weighted by atomic mass is 10.0. The van der Waals surface area contributed by atoms with Crippen molar-refractivity contribution in [3.63, 3.8) is 0 Å². The Hall–Kier alpha value is -0.660. The monoisotopic (exact) mass is 661 g/mol. The molecule has 0 aromatic heterocycles. The van der Waals surface area contributed by atoms with E-state index in [2.05, 4.69) is 13.8 Å². The van der Waals surface area contributed by atoms with Gasteiger partial charge in [-0.3, -0.25) is 9.59 Å². The first-order valence-corrected chi connectivity index (χ1v) is 22.2. The first-order chi connectivity index (χ1) is 23.2. The number of hydrogen-bond donors (Lipinski definition) is 0. The Morgan fingerprint density at radius 3 is 0.553 bits per heavy atom. The second-order valence-corrected chi connectivity index (χ2v) is 15.5. The van der Waals surface area contributed by atoms with Crippen molar-refractivity contribution in [1.82, 2.24) is 0 Å². The van der Waals surface area contributed by atoms with Gasteiger partial charge in [-0.05, 0) is 12.8 Å². The van der Waals surface area contributed by atoms with Crippen LogP contribution in [-0.2, 0) is 9.59 Å². The van der Waals surface area contributed by atoms with Gasteiger partial charge in [-0.15, -0.1) is 0 Å². The molecular formula is C45H88O2. The Balaban J connectivity index is 3.25. The van der Waals surface area contributed by atoms with Crippen LogP contribution in [0.5, 0.6) is 0 Å². The molecule has 2 heteroatoms. The molecule has 0 aliphatic heterocycles. The fraction of sp³-hybridized carbons (Fsp3) is 0.956. The van der Waals surface area contributed by atoms with Crippen LogP contribution >= 0.6 is 0 Å². The van der Waals surface area contributed by atoms with E-state index in [1.807, 2.05) is 0 Å². The predicted molar refractivity (Wildman–Crippen MR) is 211 cm³/mol. The highest BCUT2D eigenvalue weighted by Crippen LogP contribution is 2.17. The summed E-state index contributed by atoms with van der Waals surface area (Å²) >= 11 is 0. The highest BCUT2D eigenvalue weighted by Gasteiger charge is 2.09. The second-order valence-electron chi connectivity index (χ2n) is 15.5. The molecule has 0 radical (unpaired) electrons. The molecular weight excluding hydrogens is 572 g/mol. The second kappa shape index (κ2) is 41.5. The summed E-state index contributed by atoms with van der Waals surface area (Å²) in [5.74, 6) is 0.361. The van der Waals surface area contributed by atoms with Crippen molar-refractivity contribution >= 4 is 11.6 Å². The number of rotatable bonds is 42. The van der Waals surface area contributed by atoms with E-state index in [0.29, 0.717) is 12.8 Å². The van der Waals surface area contributed by atoms with Crippen molar-refractivity contribution in [3.05, 3.63) is 0 Å². The van der Waals surface area contributed by atoms with Gasteiger partial charge in [0.25, 0.3) is 0 Å². The smallest absolute Gasteiger partial charge is 0.140 e. The van der Waals surface area contributed by atoms with Gasteiger partial charge in [0.2, 0.25) is 0 Å². The summed E-state index contributed by atoms with van der Waals surface area (Å²) in [6.07, 6.45) is 53.5. The highest BCUT2D eigenvalue weighted by atomic mass is 16.1. The molecule has 280 valence electrons. The lowest BCUT2D eigenvalue weighted by molar-refractivity contribution is -0.127. The van der Waals surface area contributed by atoms with Crippen LogP contribution in [0.2, 0.25) is 0 Å². The van der Waals surface area contributed by atoms with Crippen LogP contribution in [-0.4, -0.2) is 11.6 Å². The van der Waals surface area contributed by atoms with Crippen molar-refractivity contribution < 1.29 is 9.59 Å². The van der Waals surface area contributed by atoms with Crippen LogP contribution in [0.3, 0.4) is 0 Å². The fourth-order valence-corrected chi connectivity index (χ4v) is 7.20. The molecule has 0 amide bonds. The lowest BCUT2D eigenvalue weighted by Gasteiger charge is -2.05. The Labute approximate surface area is 297 Å².